The Morgan fingerprint density at radius 3 is 2.18 bits per heavy atom. The second-order valence-corrected chi connectivity index (χ2v) is 2.75. The van der Waals surface area contributed by atoms with E-state index in [1.165, 1.54) is 0 Å². The summed E-state index contributed by atoms with van der Waals surface area (Å²) in [5.74, 6) is 0.352. The molecular formula is C10H17N. The number of allylic oxidation sites excluding steroid dienone is 3. The van der Waals surface area contributed by atoms with Crippen molar-refractivity contribution in [2.75, 3.05) is 0 Å². The third kappa shape index (κ3) is 3.19. The number of hydrogen-bond acceptors (Lipinski definition) is 1. The standard InChI is InChI=1S/C10H17N/c1-5-7-10(6-2)8(3)9(4)11/h5-9H,1-2,11H2,3-4H3/b10-7+. The van der Waals surface area contributed by atoms with Crippen LogP contribution in [-0.4, -0.2) is 6.04 Å². The Labute approximate surface area is 69.3 Å². The summed E-state index contributed by atoms with van der Waals surface area (Å²) in [4.78, 5) is 0. The van der Waals surface area contributed by atoms with Gasteiger partial charge in [0.1, 0.15) is 0 Å². The lowest BCUT2D eigenvalue weighted by Gasteiger charge is -2.16. The fourth-order valence-corrected chi connectivity index (χ4v) is 0.845. The van der Waals surface area contributed by atoms with Gasteiger partial charge in [-0.05, 0) is 18.4 Å². The van der Waals surface area contributed by atoms with Crippen molar-refractivity contribution < 1.29 is 0 Å². The van der Waals surface area contributed by atoms with Crippen molar-refractivity contribution in [1.29, 1.82) is 0 Å². The van der Waals surface area contributed by atoms with E-state index in [0.29, 0.717) is 5.92 Å². The van der Waals surface area contributed by atoms with Gasteiger partial charge in [0.05, 0.1) is 0 Å². The van der Waals surface area contributed by atoms with Crippen LogP contribution in [0.15, 0.2) is 37.0 Å². The lowest BCUT2D eigenvalue weighted by Crippen LogP contribution is -2.25. The van der Waals surface area contributed by atoms with Crippen LogP contribution in [0.25, 0.3) is 0 Å². The van der Waals surface area contributed by atoms with Crippen molar-refractivity contribution in [2.24, 2.45) is 11.7 Å². The highest BCUT2D eigenvalue weighted by Crippen LogP contribution is 2.13. The predicted octanol–water partition coefficient (Wildman–Crippen LogP) is 2.27. The van der Waals surface area contributed by atoms with E-state index in [0.717, 1.165) is 5.57 Å². The number of rotatable bonds is 4. The molecule has 2 unspecified atom stereocenters. The van der Waals surface area contributed by atoms with Gasteiger partial charge in [0, 0.05) is 6.04 Å². The zero-order valence-corrected chi connectivity index (χ0v) is 7.38. The Balaban J connectivity index is 4.37. The van der Waals surface area contributed by atoms with Crippen LogP contribution in [0.3, 0.4) is 0 Å². The zero-order chi connectivity index (χ0) is 8.85. The molecule has 0 bridgehead atoms. The van der Waals surface area contributed by atoms with E-state index in [1.54, 1.807) is 6.08 Å². The predicted molar refractivity (Wildman–Crippen MR) is 51.3 cm³/mol. The average Bonchev–Trinajstić information content (AvgIpc) is 1.98. The fourth-order valence-electron chi connectivity index (χ4n) is 0.845. The molecule has 0 amide bonds. The minimum Gasteiger partial charge on any atom is -0.327 e. The third-order valence-corrected chi connectivity index (χ3v) is 1.86. The quantitative estimate of drug-likeness (QED) is 0.613. The highest BCUT2D eigenvalue weighted by atomic mass is 14.6. The molecule has 0 aliphatic rings. The monoisotopic (exact) mass is 151 g/mol. The van der Waals surface area contributed by atoms with Gasteiger partial charge >= 0.3 is 0 Å². The van der Waals surface area contributed by atoms with Gasteiger partial charge in [-0.1, -0.05) is 38.3 Å². The molecule has 0 aromatic rings. The van der Waals surface area contributed by atoms with Gasteiger partial charge in [-0.2, -0.15) is 0 Å². The third-order valence-electron chi connectivity index (χ3n) is 1.86. The molecule has 0 spiro atoms. The minimum atomic E-state index is 0.166. The smallest absolute Gasteiger partial charge is 0.00766 e. The van der Waals surface area contributed by atoms with Crippen molar-refractivity contribution in [1.82, 2.24) is 0 Å². The molecule has 2 N–H and O–H groups in total. The molecule has 0 aliphatic carbocycles. The molecule has 0 saturated heterocycles. The molecule has 0 aromatic heterocycles. The first-order chi connectivity index (χ1) is 5.13. The lowest BCUT2D eigenvalue weighted by molar-refractivity contribution is 0.563. The van der Waals surface area contributed by atoms with E-state index >= 15 is 0 Å². The van der Waals surface area contributed by atoms with E-state index in [2.05, 4.69) is 20.1 Å². The van der Waals surface area contributed by atoms with Crippen molar-refractivity contribution >= 4 is 0 Å². The van der Waals surface area contributed by atoms with Gasteiger partial charge in [-0.15, -0.1) is 0 Å². The molecule has 0 heterocycles. The van der Waals surface area contributed by atoms with Gasteiger partial charge in [-0.3, -0.25) is 0 Å². The largest absolute Gasteiger partial charge is 0.327 e. The van der Waals surface area contributed by atoms with E-state index in [1.807, 2.05) is 19.1 Å². The van der Waals surface area contributed by atoms with E-state index in [9.17, 15) is 0 Å². The Morgan fingerprint density at radius 1 is 1.36 bits per heavy atom. The minimum absolute atomic E-state index is 0.166. The van der Waals surface area contributed by atoms with Crippen LogP contribution < -0.4 is 5.73 Å². The van der Waals surface area contributed by atoms with Crippen molar-refractivity contribution in [2.45, 2.75) is 19.9 Å². The van der Waals surface area contributed by atoms with Crippen molar-refractivity contribution in [3.63, 3.8) is 0 Å². The Kier molecular flexibility index (Phi) is 4.55. The van der Waals surface area contributed by atoms with Gasteiger partial charge in [-0.25, -0.2) is 0 Å². The molecule has 0 aromatic carbocycles. The summed E-state index contributed by atoms with van der Waals surface area (Å²) in [6.45, 7) is 11.4. The van der Waals surface area contributed by atoms with Crippen molar-refractivity contribution in [3.05, 3.63) is 37.0 Å². The van der Waals surface area contributed by atoms with E-state index in [-0.39, 0.29) is 6.04 Å². The summed E-state index contributed by atoms with van der Waals surface area (Å²) in [5, 5.41) is 0. The number of nitrogens with two attached hydrogens (primary N) is 1. The second kappa shape index (κ2) is 4.91. The lowest BCUT2D eigenvalue weighted by atomic mass is 9.94. The van der Waals surface area contributed by atoms with Crippen LogP contribution in [0.1, 0.15) is 13.8 Å². The molecule has 1 nitrogen and oxygen atoms in total. The molecule has 0 fully saturated rings. The first kappa shape index (κ1) is 10.2. The van der Waals surface area contributed by atoms with Gasteiger partial charge in [0.2, 0.25) is 0 Å². The first-order valence-electron chi connectivity index (χ1n) is 3.84. The molecule has 62 valence electrons. The maximum absolute atomic E-state index is 5.72. The molecule has 11 heavy (non-hydrogen) atoms. The van der Waals surface area contributed by atoms with E-state index < -0.39 is 0 Å². The number of hydrogen-bond donors (Lipinski definition) is 1. The van der Waals surface area contributed by atoms with Crippen LogP contribution >= 0.6 is 0 Å². The summed E-state index contributed by atoms with van der Waals surface area (Å²) in [6, 6.07) is 0.166. The molecule has 0 rings (SSSR count). The Morgan fingerprint density at radius 2 is 1.91 bits per heavy atom. The summed E-state index contributed by atoms with van der Waals surface area (Å²) < 4.78 is 0. The van der Waals surface area contributed by atoms with Gasteiger partial charge < -0.3 is 5.73 Å². The van der Waals surface area contributed by atoms with Crippen LogP contribution in [0.4, 0.5) is 0 Å². The average molecular weight is 151 g/mol. The van der Waals surface area contributed by atoms with Crippen LogP contribution in [-0.2, 0) is 0 Å². The maximum atomic E-state index is 5.72. The van der Waals surface area contributed by atoms with Gasteiger partial charge in [0.25, 0.3) is 0 Å². The Bertz CT molecular complexity index is 166. The topological polar surface area (TPSA) is 26.0 Å². The molecule has 0 radical (unpaired) electrons. The summed E-state index contributed by atoms with van der Waals surface area (Å²) >= 11 is 0. The second-order valence-electron chi connectivity index (χ2n) is 2.75. The molecule has 0 aliphatic heterocycles. The SMILES string of the molecule is C=C/C=C(\C=C)C(C)C(C)N. The fraction of sp³-hybridized carbons (Fsp3) is 0.400. The van der Waals surface area contributed by atoms with Crippen molar-refractivity contribution in [3.8, 4) is 0 Å². The van der Waals surface area contributed by atoms with Crippen LogP contribution in [0, 0.1) is 5.92 Å². The maximum Gasteiger partial charge on any atom is 0.00766 e. The highest BCUT2D eigenvalue weighted by molar-refractivity contribution is 5.24. The Hall–Kier alpha value is -0.820. The van der Waals surface area contributed by atoms with Gasteiger partial charge in [0.15, 0.2) is 0 Å². The first-order valence-corrected chi connectivity index (χ1v) is 3.84. The van der Waals surface area contributed by atoms with Crippen LogP contribution in [0.2, 0.25) is 0 Å². The summed E-state index contributed by atoms with van der Waals surface area (Å²) in [7, 11) is 0. The molecular weight excluding hydrogens is 134 g/mol. The summed E-state index contributed by atoms with van der Waals surface area (Å²) in [6.07, 6.45) is 5.53. The molecule has 2 atom stereocenters. The zero-order valence-electron chi connectivity index (χ0n) is 7.38. The summed E-state index contributed by atoms with van der Waals surface area (Å²) in [5.41, 5.74) is 6.87. The van der Waals surface area contributed by atoms with E-state index in [4.69, 9.17) is 5.73 Å². The molecule has 0 saturated carbocycles. The molecule has 1 heteroatoms. The highest BCUT2D eigenvalue weighted by Gasteiger charge is 2.08. The normalized spacial score (nSPS) is 17.2. The van der Waals surface area contributed by atoms with Crippen LogP contribution in [0.5, 0.6) is 0 Å².